The second-order valence-corrected chi connectivity index (χ2v) is 10.9. The number of aromatic nitrogens is 1. The van der Waals surface area contributed by atoms with E-state index in [0.29, 0.717) is 23.0 Å². The van der Waals surface area contributed by atoms with Gasteiger partial charge in [-0.15, -0.1) is 11.3 Å². The highest BCUT2D eigenvalue weighted by Crippen LogP contribution is 2.44. The van der Waals surface area contributed by atoms with Gasteiger partial charge in [-0.2, -0.15) is 0 Å². The van der Waals surface area contributed by atoms with Gasteiger partial charge in [0.1, 0.15) is 16.5 Å². The number of carbonyl (C=O) groups is 1. The maximum absolute atomic E-state index is 14.1. The summed E-state index contributed by atoms with van der Waals surface area (Å²) in [6.45, 7) is 0.499. The molecular weight excluding hydrogens is 506 g/mol. The average molecular weight is 534 g/mol. The number of hydrogen-bond donors (Lipinski definition) is 1. The van der Waals surface area contributed by atoms with Crippen LogP contribution in [0.3, 0.4) is 0 Å². The summed E-state index contributed by atoms with van der Waals surface area (Å²) in [5.74, 6) is 1.31. The number of halogens is 1. The quantitative estimate of drug-likeness (QED) is 0.301. The molecule has 2 aromatic carbocycles. The topological polar surface area (TPSA) is 55.7 Å². The number of urea groups is 1. The third-order valence-electron chi connectivity index (χ3n) is 7.25. The van der Waals surface area contributed by atoms with Crippen LogP contribution in [0.25, 0.3) is 5.00 Å². The number of benzene rings is 2. The normalized spacial score (nSPS) is 16.3. The van der Waals surface area contributed by atoms with E-state index >= 15 is 0 Å². The number of rotatable bonds is 4. The Kier molecular flexibility index (Phi) is 6.34. The Morgan fingerprint density at radius 1 is 1.03 bits per heavy atom. The highest BCUT2D eigenvalue weighted by Gasteiger charge is 2.36. The van der Waals surface area contributed by atoms with Gasteiger partial charge in [0.2, 0.25) is 0 Å². The molecule has 2 amide bonds. The smallest absolute Gasteiger partial charge is 0.323 e. The molecule has 4 aromatic rings. The van der Waals surface area contributed by atoms with E-state index in [-0.39, 0.29) is 12.1 Å². The van der Waals surface area contributed by atoms with Crippen LogP contribution in [0.2, 0.25) is 5.02 Å². The minimum atomic E-state index is -0.325. The second kappa shape index (κ2) is 9.80. The van der Waals surface area contributed by atoms with Gasteiger partial charge in [0.15, 0.2) is 0 Å². The molecule has 0 saturated heterocycles. The SMILES string of the molecule is COc1cccc([C@H]2c3cccn3-c3sc4c(c3CN2C(=O)Nc2cc(Cl)ccc2OC)CCCC4)c1. The summed E-state index contributed by atoms with van der Waals surface area (Å²) in [4.78, 5) is 17.5. The maximum atomic E-state index is 14.1. The molecule has 1 aliphatic heterocycles. The van der Waals surface area contributed by atoms with Crippen molar-refractivity contribution in [3.8, 4) is 16.5 Å². The number of carbonyl (C=O) groups excluding carboxylic acids is 1. The number of ether oxygens (including phenoxy) is 2. The molecule has 1 N–H and O–H groups in total. The Hall–Kier alpha value is -3.42. The molecule has 8 heteroatoms. The lowest BCUT2D eigenvalue weighted by molar-refractivity contribution is 0.194. The first-order valence-corrected chi connectivity index (χ1v) is 13.6. The van der Waals surface area contributed by atoms with Crippen LogP contribution in [0.1, 0.15) is 46.1 Å². The van der Waals surface area contributed by atoms with Crippen LogP contribution in [0.4, 0.5) is 10.5 Å². The number of anilines is 1. The molecule has 0 fully saturated rings. The van der Waals surface area contributed by atoms with E-state index in [9.17, 15) is 4.79 Å². The number of methoxy groups -OCH3 is 2. The van der Waals surface area contributed by atoms with Crippen LogP contribution in [-0.2, 0) is 19.4 Å². The summed E-state index contributed by atoms with van der Waals surface area (Å²) in [5.41, 5.74) is 5.22. The van der Waals surface area contributed by atoms with Gasteiger partial charge in [-0.3, -0.25) is 0 Å². The molecule has 3 heterocycles. The van der Waals surface area contributed by atoms with Gasteiger partial charge in [-0.05, 0) is 79.3 Å². The largest absolute Gasteiger partial charge is 0.497 e. The Bertz CT molecular complexity index is 1480. The number of hydrogen-bond acceptors (Lipinski definition) is 4. The Morgan fingerprint density at radius 2 is 1.89 bits per heavy atom. The summed E-state index contributed by atoms with van der Waals surface area (Å²) in [5, 5.41) is 4.84. The molecule has 2 aromatic heterocycles. The van der Waals surface area contributed by atoms with Crippen LogP contribution in [0.5, 0.6) is 11.5 Å². The summed E-state index contributed by atoms with van der Waals surface area (Å²) < 4.78 is 13.3. The zero-order valence-corrected chi connectivity index (χ0v) is 22.4. The predicted molar refractivity (Wildman–Crippen MR) is 148 cm³/mol. The standard InChI is InChI=1S/C29H28ClN3O3S/c1-35-20-8-5-7-18(15-20)27-24-10-6-14-32(24)28-22(21-9-3-4-11-26(21)37-28)17-33(27)29(34)31-23-16-19(30)12-13-25(23)36-2/h5-8,10,12-16,27H,3-4,9,11,17H2,1-2H3,(H,31,34)/t27-/m0/s1. The van der Waals surface area contributed by atoms with E-state index in [0.717, 1.165) is 29.8 Å². The van der Waals surface area contributed by atoms with E-state index < -0.39 is 0 Å². The lowest BCUT2D eigenvalue weighted by Crippen LogP contribution is -2.38. The Labute approximate surface area is 225 Å². The van der Waals surface area contributed by atoms with Gasteiger partial charge in [-0.1, -0.05) is 23.7 Å². The molecule has 6 rings (SSSR count). The average Bonchev–Trinajstić information content (AvgIpc) is 3.50. The first-order valence-electron chi connectivity index (χ1n) is 12.4. The van der Waals surface area contributed by atoms with Crippen LogP contribution in [0, 0.1) is 0 Å². The van der Waals surface area contributed by atoms with E-state index in [2.05, 4.69) is 34.3 Å². The maximum Gasteiger partial charge on any atom is 0.323 e. The molecule has 2 aliphatic rings. The number of nitrogens with one attached hydrogen (secondary N) is 1. The van der Waals surface area contributed by atoms with Gasteiger partial charge < -0.3 is 24.3 Å². The van der Waals surface area contributed by atoms with Gasteiger partial charge in [0.25, 0.3) is 0 Å². The van der Waals surface area contributed by atoms with Crippen LogP contribution >= 0.6 is 22.9 Å². The molecule has 1 atom stereocenters. The fourth-order valence-corrected chi connectivity index (χ4v) is 7.09. The number of thiophene rings is 1. The lowest BCUT2D eigenvalue weighted by Gasteiger charge is -2.31. The highest BCUT2D eigenvalue weighted by atomic mass is 35.5. The minimum absolute atomic E-state index is 0.218. The van der Waals surface area contributed by atoms with Crippen molar-refractivity contribution >= 4 is 34.7 Å². The summed E-state index contributed by atoms with van der Waals surface area (Å²) in [6.07, 6.45) is 6.68. The highest BCUT2D eigenvalue weighted by molar-refractivity contribution is 7.15. The van der Waals surface area contributed by atoms with Crippen LogP contribution in [-0.4, -0.2) is 29.7 Å². The third-order valence-corrected chi connectivity index (χ3v) is 8.82. The summed E-state index contributed by atoms with van der Waals surface area (Å²) in [7, 11) is 3.25. The molecule has 190 valence electrons. The molecular formula is C29H28ClN3O3S. The molecule has 0 radical (unpaired) electrons. The number of aryl methyl sites for hydroxylation is 1. The molecule has 0 unspecified atom stereocenters. The van der Waals surface area contributed by atoms with E-state index in [4.69, 9.17) is 21.1 Å². The zero-order chi connectivity index (χ0) is 25.5. The monoisotopic (exact) mass is 533 g/mol. The molecule has 37 heavy (non-hydrogen) atoms. The summed E-state index contributed by atoms with van der Waals surface area (Å²) >= 11 is 8.15. The molecule has 0 saturated carbocycles. The fraction of sp³-hybridized carbons (Fsp3) is 0.276. The fourth-order valence-electron chi connectivity index (χ4n) is 5.51. The lowest BCUT2D eigenvalue weighted by atomic mass is 9.95. The van der Waals surface area contributed by atoms with Crippen molar-refractivity contribution in [3.05, 3.63) is 93.1 Å². The minimum Gasteiger partial charge on any atom is -0.497 e. The first-order chi connectivity index (χ1) is 18.1. The van der Waals surface area contributed by atoms with E-state index in [1.165, 1.54) is 33.8 Å². The van der Waals surface area contributed by atoms with Crippen molar-refractivity contribution in [2.24, 2.45) is 0 Å². The van der Waals surface area contributed by atoms with Gasteiger partial charge in [0, 0.05) is 21.7 Å². The van der Waals surface area contributed by atoms with Gasteiger partial charge in [-0.25, -0.2) is 4.79 Å². The number of fused-ring (bicyclic) bond motifs is 5. The van der Waals surface area contributed by atoms with E-state index in [1.54, 1.807) is 32.4 Å². The third kappa shape index (κ3) is 4.26. The van der Waals surface area contributed by atoms with Crippen molar-refractivity contribution in [3.63, 3.8) is 0 Å². The van der Waals surface area contributed by atoms with Crippen molar-refractivity contribution in [1.29, 1.82) is 0 Å². The predicted octanol–water partition coefficient (Wildman–Crippen LogP) is 7.23. The Morgan fingerprint density at radius 3 is 2.73 bits per heavy atom. The molecule has 1 aliphatic carbocycles. The van der Waals surface area contributed by atoms with Crippen molar-refractivity contribution < 1.29 is 14.3 Å². The molecule has 0 spiro atoms. The van der Waals surface area contributed by atoms with Gasteiger partial charge in [0.05, 0.1) is 38.2 Å². The summed E-state index contributed by atoms with van der Waals surface area (Å²) in [6, 6.07) is 16.8. The van der Waals surface area contributed by atoms with Crippen molar-refractivity contribution in [2.45, 2.75) is 38.3 Å². The van der Waals surface area contributed by atoms with E-state index in [1.807, 2.05) is 34.4 Å². The van der Waals surface area contributed by atoms with Crippen molar-refractivity contribution in [2.75, 3.05) is 19.5 Å². The zero-order valence-electron chi connectivity index (χ0n) is 20.8. The molecule has 6 nitrogen and oxygen atoms in total. The van der Waals surface area contributed by atoms with Gasteiger partial charge >= 0.3 is 6.03 Å². The van der Waals surface area contributed by atoms with Crippen LogP contribution in [0.15, 0.2) is 60.8 Å². The molecule has 0 bridgehead atoms. The second-order valence-electron chi connectivity index (χ2n) is 9.38. The Balaban J connectivity index is 1.50. The van der Waals surface area contributed by atoms with Crippen molar-refractivity contribution in [1.82, 2.24) is 9.47 Å². The number of nitrogens with zero attached hydrogens (tertiary/aromatic N) is 2. The number of amides is 2. The van der Waals surface area contributed by atoms with Crippen LogP contribution < -0.4 is 14.8 Å². The first kappa shape index (κ1) is 23.9.